The van der Waals surface area contributed by atoms with E-state index in [9.17, 15) is 0 Å². The van der Waals surface area contributed by atoms with Crippen LogP contribution >= 0.6 is 0 Å². The molecule has 0 saturated heterocycles. The normalized spacial score (nSPS) is 10.4. The molecule has 0 saturated carbocycles. The van der Waals surface area contributed by atoms with Crippen LogP contribution in [-0.2, 0) is 13.0 Å². The van der Waals surface area contributed by atoms with Gasteiger partial charge in [-0.3, -0.25) is 4.98 Å². The van der Waals surface area contributed by atoms with Gasteiger partial charge in [0, 0.05) is 37.9 Å². The number of imidazole rings is 1. The highest BCUT2D eigenvalue weighted by atomic mass is 15.2. The first kappa shape index (κ1) is 11.6. The molecule has 1 N–H and O–H groups in total. The van der Waals surface area contributed by atoms with Crippen molar-refractivity contribution in [3.63, 3.8) is 0 Å². The summed E-state index contributed by atoms with van der Waals surface area (Å²) >= 11 is 0. The Balaban J connectivity index is 1.84. The van der Waals surface area contributed by atoms with Gasteiger partial charge in [0.25, 0.3) is 0 Å². The summed E-state index contributed by atoms with van der Waals surface area (Å²) in [5.41, 5.74) is 1.29. The number of aromatic nitrogens is 3. The molecule has 2 aromatic heterocycles. The molecule has 0 aliphatic rings. The maximum absolute atomic E-state index is 4.31. The molecule has 0 bridgehead atoms. The summed E-state index contributed by atoms with van der Waals surface area (Å²) in [6.45, 7) is 4.07. The predicted molar refractivity (Wildman–Crippen MR) is 68.9 cm³/mol. The lowest BCUT2D eigenvalue weighted by Crippen LogP contribution is -2.10. The molecule has 0 spiro atoms. The Kier molecular flexibility index (Phi) is 4.13. The summed E-state index contributed by atoms with van der Waals surface area (Å²) in [5, 5.41) is 3.36. The average molecular weight is 230 g/mol. The van der Waals surface area contributed by atoms with Gasteiger partial charge in [0.2, 0.25) is 5.95 Å². The van der Waals surface area contributed by atoms with Gasteiger partial charge in [-0.2, -0.15) is 0 Å². The van der Waals surface area contributed by atoms with Crippen LogP contribution in [0.2, 0.25) is 0 Å². The molecule has 17 heavy (non-hydrogen) atoms. The summed E-state index contributed by atoms with van der Waals surface area (Å²) in [7, 11) is 0. The lowest BCUT2D eigenvalue weighted by Gasteiger charge is -2.08. The molecule has 0 amide bonds. The third-order valence-electron chi connectivity index (χ3n) is 2.63. The van der Waals surface area contributed by atoms with Gasteiger partial charge in [-0.15, -0.1) is 0 Å². The Morgan fingerprint density at radius 1 is 1.24 bits per heavy atom. The Morgan fingerprint density at radius 3 is 2.82 bits per heavy atom. The zero-order valence-electron chi connectivity index (χ0n) is 10.1. The fourth-order valence-corrected chi connectivity index (χ4v) is 1.77. The highest BCUT2D eigenvalue weighted by Crippen LogP contribution is 2.05. The van der Waals surface area contributed by atoms with E-state index in [4.69, 9.17) is 0 Å². The van der Waals surface area contributed by atoms with Crippen molar-refractivity contribution in [1.29, 1.82) is 0 Å². The van der Waals surface area contributed by atoms with Gasteiger partial charge in [0.15, 0.2) is 0 Å². The van der Waals surface area contributed by atoms with Crippen molar-refractivity contribution in [2.24, 2.45) is 0 Å². The minimum Gasteiger partial charge on any atom is -0.355 e. The number of nitrogens with one attached hydrogen (secondary N) is 1. The van der Waals surface area contributed by atoms with Crippen LogP contribution in [-0.4, -0.2) is 21.1 Å². The van der Waals surface area contributed by atoms with Gasteiger partial charge in [0.1, 0.15) is 0 Å². The number of aryl methyl sites for hydroxylation is 1. The monoisotopic (exact) mass is 230 g/mol. The van der Waals surface area contributed by atoms with Gasteiger partial charge in [-0.05, 0) is 30.5 Å². The van der Waals surface area contributed by atoms with E-state index < -0.39 is 0 Å². The van der Waals surface area contributed by atoms with Gasteiger partial charge in [-0.25, -0.2) is 4.98 Å². The van der Waals surface area contributed by atoms with Gasteiger partial charge in [0.05, 0.1) is 0 Å². The quantitative estimate of drug-likeness (QED) is 0.828. The van der Waals surface area contributed by atoms with Crippen LogP contribution in [0.25, 0.3) is 0 Å². The molecule has 4 nitrogen and oxygen atoms in total. The smallest absolute Gasteiger partial charge is 0.202 e. The van der Waals surface area contributed by atoms with E-state index in [-0.39, 0.29) is 0 Å². The average Bonchev–Trinajstić information content (AvgIpc) is 2.79. The van der Waals surface area contributed by atoms with E-state index in [2.05, 4.69) is 26.8 Å². The molecule has 0 atom stereocenters. The first-order chi connectivity index (χ1) is 8.40. The Labute approximate surface area is 102 Å². The molecular formula is C13H18N4. The number of anilines is 1. The molecule has 2 heterocycles. The topological polar surface area (TPSA) is 42.7 Å². The Hall–Kier alpha value is -1.84. The standard InChI is InChI=1S/C13H18N4/c1-2-10-17-11-9-16-13(17)15-8-5-12-3-6-14-7-4-12/h3-4,6-7,9,11H,2,5,8,10H2,1H3,(H,15,16). The van der Waals surface area contributed by atoms with Crippen molar-refractivity contribution in [1.82, 2.24) is 14.5 Å². The molecule has 0 aliphatic carbocycles. The molecule has 90 valence electrons. The minimum absolute atomic E-state index is 0.894. The predicted octanol–water partition coefficient (Wildman–Crippen LogP) is 2.34. The van der Waals surface area contributed by atoms with Crippen LogP contribution in [0.5, 0.6) is 0 Å². The first-order valence-electron chi connectivity index (χ1n) is 6.04. The van der Waals surface area contributed by atoms with E-state index in [0.717, 1.165) is 31.9 Å². The summed E-state index contributed by atoms with van der Waals surface area (Å²) in [5.74, 6) is 0.959. The molecule has 2 aromatic rings. The van der Waals surface area contributed by atoms with Crippen LogP contribution in [0.4, 0.5) is 5.95 Å². The number of pyridine rings is 1. The van der Waals surface area contributed by atoms with E-state index in [1.807, 2.05) is 36.9 Å². The van der Waals surface area contributed by atoms with E-state index in [1.54, 1.807) is 0 Å². The van der Waals surface area contributed by atoms with Crippen molar-refractivity contribution in [2.75, 3.05) is 11.9 Å². The number of hydrogen-bond donors (Lipinski definition) is 1. The van der Waals surface area contributed by atoms with Crippen molar-refractivity contribution in [3.05, 3.63) is 42.5 Å². The SMILES string of the molecule is CCCn1ccnc1NCCc1ccncc1. The molecule has 0 radical (unpaired) electrons. The lowest BCUT2D eigenvalue weighted by atomic mass is 10.2. The Morgan fingerprint density at radius 2 is 2.06 bits per heavy atom. The number of rotatable bonds is 6. The van der Waals surface area contributed by atoms with Crippen molar-refractivity contribution < 1.29 is 0 Å². The molecule has 0 aromatic carbocycles. The van der Waals surface area contributed by atoms with Crippen LogP contribution in [0.3, 0.4) is 0 Å². The van der Waals surface area contributed by atoms with Crippen LogP contribution in [0, 0.1) is 0 Å². The zero-order valence-corrected chi connectivity index (χ0v) is 10.1. The highest BCUT2D eigenvalue weighted by molar-refractivity contribution is 5.26. The maximum Gasteiger partial charge on any atom is 0.202 e. The van der Waals surface area contributed by atoms with Crippen molar-refractivity contribution >= 4 is 5.95 Å². The minimum atomic E-state index is 0.894. The molecule has 2 rings (SSSR count). The van der Waals surface area contributed by atoms with Gasteiger partial charge in [-0.1, -0.05) is 6.92 Å². The van der Waals surface area contributed by atoms with E-state index in [0.29, 0.717) is 0 Å². The highest BCUT2D eigenvalue weighted by Gasteiger charge is 2.00. The summed E-state index contributed by atoms with van der Waals surface area (Å²) in [4.78, 5) is 8.31. The second-order valence-electron chi connectivity index (χ2n) is 3.98. The van der Waals surface area contributed by atoms with Crippen molar-refractivity contribution in [2.45, 2.75) is 26.3 Å². The first-order valence-corrected chi connectivity index (χ1v) is 6.04. The molecule has 4 heteroatoms. The number of nitrogens with zero attached hydrogens (tertiary/aromatic N) is 3. The number of hydrogen-bond acceptors (Lipinski definition) is 3. The largest absolute Gasteiger partial charge is 0.355 e. The van der Waals surface area contributed by atoms with Crippen LogP contribution in [0.15, 0.2) is 36.9 Å². The molecular weight excluding hydrogens is 212 g/mol. The lowest BCUT2D eigenvalue weighted by molar-refractivity contribution is 0.682. The second kappa shape index (κ2) is 6.03. The third kappa shape index (κ3) is 3.31. The van der Waals surface area contributed by atoms with Gasteiger partial charge >= 0.3 is 0 Å². The van der Waals surface area contributed by atoms with E-state index in [1.165, 1.54) is 5.56 Å². The summed E-state index contributed by atoms with van der Waals surface area (Å²) in [6, 6.07) is 4.08. The van der Waals surface area contributed by atoms with Gasteiger partial charge < -0.3 is 9.88 Å². The van der Waals surface area contributed by atoms with Crippen LogP contribution in [0.1, 0.15) is 18.9 Å². The summed E-state index contributed by atoms with van der Waals surface area (Å²) in [6.07, 6.45) is 9.61. The van der Waals surface area contributed by atoms with Crippen LogP contribution < -0.4 is 5.32 Å². The Bertz CT molecular complexity index is 436. The second-order valence-corrected chi connectivity index (χ2v) is 3.98. The summed E-state index contributed by atoms with van der Waals surface area (Å²) < 4.78 is 2.15. The van der Waals surface area contributed by atoms with E-state index >= 15 is 0 Å². The molecule has 0 aliphatic heterocycles. The molecule has 0 fully saturated rings. The van der Waals surface area contributed by atoms with Crippen molar-refractivity contribution in [3.8, 4) is 0 Å². The third-order valence-corrected chi connectivity index (χ3v) is 2.63. The molecule has 0 unspecified atom stereocenters. The maximum atomic E-state index is 4.31. The fourth-order valence-electron chi connectivity index (χ4n) is 1.77. The fraction of sp³-hybridized carbons (Fsp3) is 0.385. The zero-order chi connectivity index (χ0) is 11.9.